The summed E-state index contributed by atoms with van der Waals surface area (Å²) in [5.74, 6) is 1.44. The second-order valence-corrected chi connectivity index (χ2v) is 7.05. The van der Waals surface area contributed by atoms with E-state index in [-0.39, 0.29) is 30.1 Å². The van der Waals surface area contributed by atoms with Crippen molar-refractivity contribution in [1.29, 1.82) is 0 Å². The number of halogens is 1. The highest BCUT2D eigenvalue weighted by Crippen LogP contribution is 2.12. The summed E-state index contributed by atoms with van der Waals surface area (Å²) in [5, 5.41) is 6.89. The first-order chi connectivity index (χ1) is 11.6. The molecule has 0 aromatic rings. The van der Waals surface area contributed by atoms with Gasteiger partial charge >= 0.3 is 0 Å². The Bertz CT molecular complexity index is 391. The van der Waals surface area contributed by atoms with Gasteiger partial charge in [-0.25, -0.2) is 0 Å². The lowest BCUT2D eigenvalue weighted by Gasteiger charge is -2.37. The van der Waals surface area contributed by atoms with Crippen LogP contribution in [-0.4, -0.2) is 101 Å². The Balaban J connectivity index is 0.00000312. The molecule has 0 saturated carbocycles. The van der Waals surface area contributed by atoms with Crippen molar-refractivity contribution >= 4 is 29.9 Å². The van der Waals surface area contributed by atoms with Gasteiger partial charge in [-0.1, -0.05) is 13.8 Å². The number of hydrogen-bond acceptors (Lipinski definition) is 5. The quantitative estimate of drug-likeness (QED) is 0.335. The highest BCUT2D eigenvalue weighted by molar-refractivity contribution is 14.0. The molecule has 8 heteroatoms. The van der Waals surface area contributed by atoms with E-state index >= 15 is 0 Å². The maximum atomic E-state index is 5.79. The van der Waals surface area contributed by atoms with Crippen molar-refractivity contribution in [2.45, 2.75) is 26.0 Å². The number of nitrogens with zero attached hydrogens (tertiary/aromatic N) is 3. The molecule has 2 N–H and O–H groups in total. The highest BCUT2D eigenvalue weighted by atomic mass is 127. The van der Waals surface area contributed by atoms with E-state index in [1.807, 2.05) is 7.05 Å². The minimum Gasteiger partial charge on any atom is -0.379 e. The topological polar surface area (TPSA) is 61.4 Å². The van der Waals surface area contributed by atoms with Gasteiger partial charge in [-0.15, -0.1) is 24.0 Å². The van der Waals surface area contributed by atoms with Crippen molar-refractivity contribution in [2.75, 3.05) is 73.2 Å². The molecule has 2 aliphatic rings. The van der Waals surface area contributed by atoms with Crippen molar-refractivity contribution in [3.8, 4) is 0 Å². The zero-order chi connectivity index (χ0) is 17.4. The van der Waals surface area contributed by atoms with Crippen LogP contribution < -0.4 is 10.6 Å². The Morgan fingerprint density at radius 2 is 1.88 bits per heavy atom. The number of ether oxygens (including phenoxy) is 2. The number of rotatable bonds is 6. The van der Waals surface area contributed by atoms with Gasteiger partial charge in [-0.3, -0.25) is 9.89 Å². The lowest BCUT2D eigenvalue weighted by molar-refractivity contribution is -0.0161. The third kappa shape index (κ3) is 7.94. The average molecular weight is 469 g/mol. The van der Waals surface area contributed by atoms with Crippen LogP contribution >= 0.6 is 24.0 Å². The Kier molecular flexibility index (Phi) is 11.2. The summed E-state index contributed by atoms with van der Waals surface area (Å²) in [6.45, 7) is 12.7. The minimum atomic E-state index is 0. The molecule has 148 valence electrons. The van der Waals surface area contributed by atoms with Crippen molar-refractivity contribution in [3.05, 3.63) is 0 Å². The molecular weight excluding hydrogens is 433 g/mol. The van der Waals surface area contributed by atoms with Crippen LogP contribution in [0.5, 0.6) is 0 Å². The summed E-state index contributed by atoms with van der Waals surface area (Å²) < 4.78 is 11.3. The van der Waals surface area contributed by atoms with E-state index in [9.17, 15) is 0 Å². The fourth-order valence-corrected chi connectivity index (χ4v) is 3.32. The van der Waals surface area contributed by atoms with Gasteiger partial charge < -0.3 is 25.0 Å². The Morgan fingerprint density at radius 1 is 1.16 bits per heavy atom. The molecule has 7 nitrogen and oxygen atoms in total. The third-order valence-electron chi connectivity index (χ3n) is 4.83. The number of likely N-dealkylation sites (N-methyl/N-ethyl adjacent to an activating group) is 1. The molecule has 2 saturated heterocycles. The Hall–Kier alpha value is -0.160. The summed E-state index contributed by atoms with van der Waals surface area (Å²) in [6, 6.07) is 0.490. The molecular formula is C17H36IN5O2. The lowest BCUT2D eigenvalue weighted by atomic mass is 10.0. The molecule has 2 unspecified atom stereocenters. The van der Waals surface area contributed by atoms with Gasteiger partial charge in [0.15, 0.2) is 5.96 Å². The summed E-state index contributed by atoms with van der Waals surface area (Å²) in [5.41, 5.74) is 0. The first-order valence-corrected chi connectivity index (χ1v) is 9.16. The predicted molar refractivity (Wildman–Crippen MR) is 113 cm³/mol. The standard InChI is InChI=1S/C17H35N5O2.HI/c1-14(2)16(22-6-8-23-9-7-22)12-20-17(18-3)19-11-15-13-21(4)5-10-24-15;/h14-16H,5-13H2,1-4H3,(H2,18,19,20);1H. The van der Waals surface area contributed by atoms with Gasteiger partial charge in [0.05, 0.1) is 25.9 Å². The first-order valence-electron chi connectivity index (χ1n) is 9.16. The van der Waals surface area contributed by atoms with Crippen LogP contribution in [0.25, 0.3) is 0 Å². The second kappa shape index (κ2) is 12.3. The molecule has 0 aliphatic carbocycles. The van der Waals surface area contributed by atoms with E-state index in [1.54, 1.807) is 0 Å². The van der Waals surface area contributed by atoms with Gasteiger partial charge in [0.25, 0.3) is 0 Å². The summed E-state index contributed by atoms with van der Waals surface area (Å²) >= 11 is 0. The second-order valence-electron chi connectivity index (χ2n) is 7.05. The zero-order valence-corrected chi connectivity index (χ0v) is 18.5. The SMILES string of the molecule is CN=C(NCC1CN(C)CCO1)NCC(C(C)C)N1CCOCC1.I. The highest BCUT2D eigenvalue weighted by Gasteiger charge is 2.24. The molecule has 0 aromatic carbocycles. The third-order valence-corrected chi connectivity index (χ3v) is 4.83. The van der Waals surface area contributed by atoms with E-state index < -0.39 is 0 Å². The molecule has 2 heterocycles. The average Bonchev–Trinajstić information content (AvgIpc) is 2.58. The van der Waals surface area contributed by atoms with Crippen molar-refractivity contribution in [2.24, 2.45) is 10.9 Å². The normalized spacial score (nSPS) is 24.7. The van der Waals surface area contributed by atoms with Gasteiger partial charge in [0, 0.05) is 52.4 Å². The number of guanidine groups is 1. The molecule has 25 heavy (non-hydrogen) atoms. The monoisotopic (exact) mass is 469 g/mol. The Morgan fingerprint density at radius 3 is 2.48 bits per heavy atom. The molecule has 0 amide bonds. The smallest absolute Gasteiger partial charge is 0.191 e. The fraction of sp³-hybridized carbons (Fsp3) is 0.941. The van der Waals surface area contributed by atoms with Gasteiger partial charge in [0.2, 0.25) is 0 Å². The summed E-state index contributed by atoms with van der Waals surface area (Å²) in [7, 11) is 3.96. The number of nitrogens with one attached hydrogen (secondary N) is 2. The van der Waals surface area contributed by atoms with Gasteiger partial charge in [-0.2, -0.15) is 0 Å². The zero-order valence-electron chi connectivity index (χ0n) is 16.2. The molecule has 0 aromatic heterocycles. The molecule has 2 fully saturated rings. The number of aliphatic imine (C=N–C) groups is 1. The van der Waals surface area contributed by atoms with Crippen molar-refractivity contribution in [3.63, 3.8) is 0 Å². The van der Waals surface area contributed by atoms with Crippen molar-refractivity contribution in [1.82, 2.24) is 20.4 Å². The van der Waals surface area contributed by atoms with Crippen LogP contribution in [0.4, 0.5) is 0 Å². The minimum absolute atomic E-state index is 0. The Labute approximate surface area is 169 Å². The summed E-state index contributed by atoms with van der Waals surface area (Å²) in [4.78, 5) is 9.18. The summed E-state index contributed by atoms with van der Waals surface area (Å²) in [6.07, 6.45) is 0.224. The first kappa shape index (κ1) is 22.9. The van der Waals surface area contributed by atoms with Crippen LogP contribution in [0.1, 0.15) is 13.8 Å². The largest absolute Gasteiger partial charge is 0.379 e. The number of morpholine rings is 2. The van der Waals surface area contributed by atoms with Crippen molar-refractivity contribution < 1.29 is 9.47 Å². The maximum Gasteiger partial charge on any atom is 0.191 e. The fourth-order valence-electron chi connectivity index (χ4n) is 3.32. The maximum absolute atomic E-state index is 5.79. The molecule has 0 spiro atoms. The molecule has 2 atom stereocenters. The molecule has 0 radical (unpaired) electrons. The molecule has 2 aliphatic heterocycles. The molecule has 2 rings (SSSR count). The van der Waals surface area contributed by atoms with E-state index in [4.69, 9.17) is 9.47 Å². The van der Waals surface area contributed by atoms with Crippen LogP contribution in [0.15, 0.2) is 4.99 Å². The van der Waals surface area contributed by atoms with Crippen LogP contribution in [-0.2, 0) is 9.47 Å². The van der Waals surface area contributed by atoms with Gasteiger partial charge in [-0.05, 0) is 13.0 Å². The van der Waals surface area contributed by atoms with Crippen LogP contribution in [0.2, 0.25) is 0 Å². The van der Waals surface area contributed by atoms with Crippen LogP contribution in [0.3, 0.4) is 0 Å². The van der Waals surface area contributed by atoms with Gasteiger partial charge in [0.1, 0.15) is 0 Å². The van der Waals surface area contributed by atoms with E-state index in [0.29, 0.717) is 12.0 Å². The van der Waals surface area contributed by atoms with Crippen LogP contribution in [0, 0.1) is 5.92 Å². The van der Waals surface area contributed by atoms with E-state index in [1.165, 1.54) is 0 Å². The van der Waals surface area contributed by atoms with E-state index in [2.05, 4.69) is 46.3 Å². The number of hydrogen-bond donors (Lipinski definition) is 2. The predicted octanol–water partition coefficient (Wildman–Crippen LogP) is 0.457. The van der Waals surface area contributed by atoms with E-state index in [0.717, 1.165) is 65.0 Å². The molecule has 0 bridgehead atoms. The lowest BCUT2D eigenvalue weighted by Crippen LogP contribution is -2.53.